The van der Waals surface area contributed by atoms with Gasteiger partial charge in [-0.1, -0.05) is 104 Å². The van der Waals surface area contributed by atoms with Crippen LogP contribution < -0.4 is 5.32 Å². The molecule has 0 saturated heterocycles. The Labute approximate surface area is 225 Å². The zero-order valence-corrected chi connectivity index (χ0v) is 24.3. The lowest BCUT2D eigenvalue weighted by Crippen LogP contribution is -2.27. The number of ether oxygens (including phenoxy) is 1. The number of esters is 1. The lowest BCUT2D eigenvalue weighted by molar-refractivity contribution is -0.147. The van der Waals surface area contributed by atoms with Crippen LogP contribution in [-0.2, 0) is 27.9 Å². The van der Waals surface area contributed by atoms with Gasteiger partial charge in [-0.3, -0.25) is 18.6 Å². The van der Waals surface area contributed by atoms with Crippen LogP contribution in [-0.4, -0.2) is 54.3 Å². The zero-order valence-electron chi connectivity index (χ0n) is 23.4. The van der Waals surface area contributed by atoms with E-state index in [9.17, 15) is 24.2 Å². The Bertz CT molecular complexity index is 605. The summed E-state index contributed by atoms with van der Waals surface area (Å²) in [5, 5.41) is 12.5. The Morgan fingerprint density at radius 3 is 1.76 bits per heavy atom. The minimum atomic E-state index is -4.38. The lowest BCUT2D eigenvalue weighted by atomic mass is 10.1. The van der Waals surface area contributed by atoms with Gasteiger partial charge in [-0.25, -0.2) is 4.57 Å². The highest BCUT2D eigenvalue weighted by atomic mass is 31.2. The molecule has 3 N–H and O–H groups in total. The van der Waals surface area contributed by atoms with E-state index in [4.69, 9.17) is 13.8 Å². The second-order valence-electron chi connectivity index (χ2n) is 9.73. The molecule has 0 aliphatic carbocycles. The zero-order chi connectivity index (χ0) is 27.6. The molecule has 0 spiro atoms. The fourth-order valence-corrected chi connectivity index (χ4v) is 4.55. The van der Waals surface area contributed by atoms with Crippen LogP contribution in [0.15, 0.2) is 0 Å². The molecule has 0 aliphatic rings. The van der Waals surface area contributed by atoms with E-state index in [-0.39, 0.29) is 32.1 Å². The first-order chi connectivity index (χ1) is 17.8. The maximum absolute atomic E-state index is 11.9. The Balaban J connectivity index is 3.68. The van der Waals surface area contributed by atoms with Gasteiger partial charge >= 0.3 is 13.8 Å². The number of phosphoric acid groups is 1. The molecule has 0 aromatic heterocycles. The van der Waals surface area contributed by atoms with Crippen LogP contribution in [0, 0.1) is 0 Å². The van der Waals surface area contributed by atoms with Crippen LogP contribution in [0.1, 0.15) is 129 Å². The highest BCUT2D eigenvalue weighted by molar-refractivity contribution is 7.47. The Morgan fingerprint density at radius 2 is 1.22 bits per heavy atom. The monoisotopic (exact) mass is 551 g/mol. The Kier molecular flexibility index (Phi) is 24.6. The summed E-state index contributed by atoms with van der Waals surface area (Å²) >= 11 is 0. The van der Waals surface area contributed by atoms with Crippen molar-refractivity contribution in [2.75, 3.05) is 26.4 Å². The quantitative estimate of drug-likeness (QED) is 0.0624. The van der Waals surface area contributed by atoms with Crippen molar-refractivity contribution in [2.24, 2.45) is 0 Å². The predicted octanol–water partition coefficient (Wildman–Crippen LogP) is 6.20. The molecule has 2 atom stereocenters. The summed E-state index contributed by atoms with van der Waals surface area (Å²) in [5.74, 6) is -0.525. The summed E-state index contributed by atoms with van der Waals surface area (Å²) in [5.41, 5.74) is 0. The molecular formula is C27H54NO8P. The molecule has 0 aromatic carbocycles. The first-order valence-electron chi connectivity index (χ1n) is 14.5. The number of nitrogens with one attached hydrogen (secondary N) is 1. The first kappa shape index (κ1) is 36.0. The minimum absolute atomic E-state index is 0.0863. The van der Waals surface area contributed by atoms with Crippen molar-refractivity contribution in [1.29, 1.82) is 0 Å². The SMILES string of the molecule is CCCCCCCCCCCC(=O)NCCOP(=O)(O)OCC(O)COC(=O)CCCCCCCCC. The number of phosphoric ester groups is 1. The summed E-state index contributed by atoms with van der Waals surface area (Å²) < 4.78 is 26.4. The molecule has 2 unspecified atom stereocenters. The topological polar surface area (TPSA) is 131 Å². The maximum atomic E-state index is 11.9. The second kappa shape index (κ2) is 25.3. The summed E-state index contributed by atoms with van der Waals surface area (Å²) in [6, 6.07) is 0. The molecule has 0 bridgehead atoms. The van der Waals surface area contributed by atoms with Gasteiger partial charge in [0.2, 0.25) is 5.91 Å². The van der Waals surface area contributed by atoms with Gasteiger partial charge in [0, 0.05) is 19.4 Å². The normalized spacial score (nSPS) is 13.7. The highest BCUT2D eigenvalue weighted by Crippen LogP contribution is 2.42. The van der Waals surface area contributed by atoms with Crippen molar-refractivity contribution in [3.05, 3.63) is 0 Å². The van der Waals surface area contributed by atoms with E-state index in [0.717, 1.165) is 38.5 Å². The molecule has 37 heavy (non-hydrogen) atoms. The van der Waals surface area contributed by atoms with Crippen molar-refractivity contribution in [3.63, 3.8) is 0 Å². The van der Waals surface area contributed by atoms with Crippen molar-refractivity contribution in [3.8, 4) is 0 Å². The fraction of sp³-hybridized carbons (Fsp3) is 0.926. The van der Waals surface area contributed by atoms with Crippen molar-refractivity contribution < 1.29 is 37.9 Å². The molecular weight excluding hydrogens is 497 g/mol. The molecule has 1 amide bonds. The van der Waals surface area contributed by atoms with Gasteiger partial charge in [-0.15, -0.1) is 0 Å². The maximum Gasteiger partial charge on any atom is 0.472 e. The predicted molar refractivity (Wildman–Crippen MR) is 146 cm³/mol. The average Bonchev–Trinajstić information content (AvgIpc) is 2.87. The highest BCUT2D eigenvalue weighted by Gasteiger charge is 2.23. The van der Waals surface area contributed by atoms with Crippen LogP contribution in [0.2, 0.25) is 0 Å². The molecule has 9 nitrogen and oxygen atoms in total. The third kappa shape index (κ3) is 26.4. The third-order valence-electron chi connectivity index (χ3n) is 6.04. The van der Waals surface area contributed by atoms with Crippen molar-refractivity contribution in [2.45, 2.75) is 136 Å². The van der Waals surface area contributed by atoms with E-state index < -0.39 is 26.5 Å². The van der Waals surface area contributed by atoms with Gasteiger partial charge in [0.15, 0.2) is 0 Å². The van der Waals surface area contributed by atoms with E-state index >= 15 is 0 Å². The number of hydrogen-bond donors (Lipinski definition) is 3. The van der Waals surface area contributed by atoms with Gasteiger partial charge in [0.1, 0.15) is 12.7 Å². The van der Waals surface area contributed by atoms with Crippen LogP contribution in [0.3, 0.4) is 0 Å². The van der Waals surface area contributed by atoms with Crippen LogP contribution in [0.4, 0.5) is 0 Å². The Morgan fingerprint density at radius 1 is 0.730 bits per heavy atom. The molecule has 0 rings (SSSR count). The minimum Gasteiger partial charge on any atom is -0.463 e. The van der Waals surface area contributed by atoms with Crippen molar-refractivity contribution >= 4 is 19.7 Å². The largest absolute Gasteiger partial charge is 0.472 e. The summed E-state index contributed by atoms with van der Waals surface area (Å²) in [7, 11) is -4.38. The summed E-state index contributed by atoms with van der Waals surface area (Å²) in [6.45, 7) is 3.45. The molecule has 0 saturated carbocycles. The number of carbonyl (C=O) groups excluding carboxylic acids is 2. The summed E-state index contributed by atoms with van der Waals surface area (Å²) in [4.78, 5) is 33.3. The molecule has 220 valence electrons. The van der Waals surface area contributed by atoms with E-state index in [1.807, 2.05) is 0 Å². The fourth-order valence-electron chi connectivity index (χ4n) is 3.79. The molecule has 0 fully saturated rings. The van der Waals surface area contributed by atoms with E-state index in [0.29, 0.717) is 6.42 Å². The van der Waals surface area contributed by atoms with E-state index in [2.05, 4.69) is 19.2 Å². The number of unbranched alkanes of at least 4 members (excludes halogenated alkanes) is 14. The second-order valence-corrected chi connectivity index (χ2v) is 11.2. The molecule has 0 aromatic rings. The van der Waals surface area contributed by atoms with Crippen LogP contribution >= 0.6 is 7.82 Å². The lowest BCUT2D eigenvalue weighted by Gasteiger charge is -2.15. The molecule has 0 aliphatic heterocycles. The van der Waals surface area contributed by atoms with Gasteiger partial charge < -0.3 is 20.1 Å². The van der Waals surface area contributed by atoms with E-state index in [1.54, 1.807) is 0 Å². The number of hydrogen-bond acceptors (Lipinski definition) is 7. The Hall–Kier alpha value is -0.990. The average molecular weight is 552 g/mol. The van der Waals surface area contributed by atoms with Gasteiger partial charge in [-0.2, -0.15) is 0 Å². The van der Waals surface area contributed by atoms with Crippen molar-refractivity contribution in [1.82, 2.24) is 5.32 Å². The number of aliphatic hydroxyl groups is 1. The van der Waals surface area contributed by atoms with Gasteiger partial charge in [-0.05, 0) is 12.8 Å². The van der Waals surface area contributed by atoms with Crippen LogP contribution in [0.5, 0.6) is 0 Å². The molecule has 10 heteroatoms. The number of aliphatic hydroxyl groups excluding tert-OH is 1. The number of carbonyl (C=O) groups is 2. The van der Waals surface area contributed by atoms with Gasteiger partial charge in [0.25, 0.3) is 0 Å². The standard InChI is InChI=1S/C27H54NO8P/c1-3-5-7-9-11-12-14-15-17-19-26(30)28-21-22-35-37(32,33)36-24-25(29)23-34-27(31)20-18-16-13-10-8-6-4-2/h25,29H,3-24H2,1-2H3,(H,28,30)(H,32,33). The number of amides is 1. The van der Waals surface area contributed by atoms with E-state index in [1.165, 1.54) is 64.2 Å². The van der Waals surface area contributed by atoms with Crippen LogP contribution in [0.25, 0.3) is 0 Å². The summed E-state index contributed by atoms with van der Waals surface area (Å²) in [6.07, 6.45) is 17.7. The molecule has 0 heterocycles. The smallest absolute Gasteiger partial charge is 0.463 e. The first-order valence-corrected chi connectivity index (χ1v) is 16.0. The molecule has 0 radical (unpaired) electrons. The third-order valence-corrected chi connectivity index (χ3v) is 7.02. The van der Waals surface area contributed by atoms with Gasteiger partial charge in [0.05, 0.1) is 13.2 Å². The number of rotatable bonds is 27.